The lowest BCUT2D eigenvalue weighted by Crippen LogP contribution is -2.07. The molecule has 0 saturated heterocycles. The lowest BCUT2D eigenvalue weighted by Gasteiger charge is -2.22. The molecule has 0 aliphatic carbocycles. The molecule has 0 saturated carbocycles. The van der Waals surface area contributed by atoms with Gasteiger partial charge in [-0.25, -0.2) is 0 Å². The minimum atomic E-state index is 0.167. The second-order valence-electron chi connectivity index (χ2n) is 6.51. The number of aryl methyl sites for hydroxylation is 4. The van der Waals surface area contributed by atoms with Crippen molar-refractivity contribution in [3.05, 3.63) is 27.2 Å². The number of nitrogen functional groups attached to an aromatic ring is 5. The van der Waals surface area contributed by atoms with Gasteiger partial charge in [-0.2, -0.15) is 0 Å². The van der Waals surface area contributed by atoms with Crippen molar-refractivity contribution < 1.29 is 0 Å². The number of benzene rings is 3. The maximum absolute atomic E-state index is 11.3. The predicted molar refractivity (Wildman–Crippen MR) is 108 cm³/mol. The summed E-state index contributed by atoms with van der Waals surface area (Å²) in [4.78, 5) is 11.3. The van der Waals surface area contributed by atoms with Crippen LogP contribution in [0, 0.1) is 32.6 Å². The van der Waals surface area contributed by atoms with Gasteiger partial charge in [0.2, 0.25) is 0 Å². The highest BCUT2D eigenvalue weighted by molar-refractivity contribution is 6.20. The monoisotopic (exact) mass is 338 g/mol. The molecule has 0 amide bonds. The van der Waals surface area contributed by atoms with E-state index in [2.05, 4.69) is 5.18 Å². The van der Waals surface area contributed by atoms with E-state index in [-0.39, 0.29) is 11.4 Å². The summed E-state index contributed by atoms with van der Waals surface area (Å²) < 4.78 is 0. The molecule has 0 radical (unpaired) electrons. The zero-order valence-corrected chi connectivity index (χ0v) is 14.7. The van der Waals surface area contributed by atoms with Gasteiger partial charge in [0.15, 0.2) is 0 Å². The molecule has 0 bridgehead atoms. The zero-order chi connectivity index (χ0) is 18.8. The van der Waals surface area contributed by atoms with Crippen LogP contribution in [0.3, 0.4) is 0 Å². The minimum absolute atomic E-state index is 0.167. The molecule has 0 aliphatic rings. The molecule has 130 valence electrons. The number of fused-ring (bicyclic) bond motifs is 2. The molecule has 0 aliphatic heterocycles. The fraction of sp³-hybridized carbons (Fsp3) is 0.222. The number of anilines is 5. The van der Waals surface area contributed by atoms with Crippen molar-refractivity contribution in [1.82, 2.24) is 0 Å². The van der Waals surface area contributed by atoms with Gasteiger partial charge < -0.3 is 28.7 Å². The van der Waals surface area contributed by atoms with Crippen LogP contribution in [0.5, 0.6) is 0 Å². The van der Waals surface area contributed by atoms with E-state index in [0.29, 0.717) is 28.3 Å². The van der Waals surface area contributed by atoms with Gasteiger partial charge in [0.05, 0.1) is 28.4 Å². The van der Waals surface area contributed by atoms with Crippen LogP contribution in [0.1, 0.15) is 22.3 Å². The lowest BCUT2D eigenvalue weighted by molar-refractivity contribution is 1.39. The van der Waals surface area contributed by atoms with E-state index in [1.807, 2.05) is 27.7 Å². The quantitative estimate of drug-likeness (QED) is 0.259. The van der Waals surface area contributed by atoms with Crippen LogP contribution < -0.4 is 28.7 Å². The molecule has 0 fully saturated rings. The van der Waals surface area contributed by atoms with Crippen molar-refractivity contribution in [3.63, 3.8) is 0 Å². The van der Waals surface area contributed by atoms with E-state index in [0.717, 1.165) is 38.2 Å². The summed E-state index contributed by atoms with van der Waals surface area (Å²) in [5, 5.41) is 6.42. The average Bonchev–Trinajstić information content (AvgIpc) is 2.57. The highest BCUT2D eigenvalue weighted by Gasteiger charge is 2.23. The maximum Gasteiger partial charge on any atom is 0.136 e. The topological polar surface area (TPSA) is 160 Å². The first-order valence-corrected chi connectivity index (χ1v) is 7.85. The molecule has 3 aromatic rings. The van der Waals surface area contributed by atoms with Gasteiger partial charge in [-0.05, 0) is 65.9 Å². The van der Waals surface area contributed by atoms with Crippen LogP contribution >= 0.6 is 0 Å². The average molecular weight is 338 g/mol. The molecule has 10 N–H and O–H groups in total. The van der Waals surface area contributed by atoms with Crippen molar-refractivity contribution in [2.24, 2.45) is 5.18 Å². The van der Waals surface area contributed by atoms with Crippen LogP contribution in [0.2, 0.25) is 0 Å². The van der Waals surface area contributed by atoms with Crippen LogP contribution in [0.4, 0.5) is 34.1 Å². The summed E-state index contributed by atoms with van der Waals surface area (Å²) in [6.07, 6.45) is 0. The minimum Gasteiger partial charge on any atom is -0.397 e. The first-order chi connectivity index (χ1) is 11.6. The largest absolute Gasteiger partial charge is 0.397 e. The Morgan fingerprint density at radius 2 is 0.960 bits per heavy atom. The SMILES string of the molecule is Cc1c(N)c(N)c(N)c2c(C)c3c(N)c(N)c(N=O)c(C)c3c(C)c12. The summed E-state index contributed by atoms with van der Waals surface area (Å²) in [7, 11) is 0. The molecular formula is C18H22N6O. The molecule has 3 rings (SSSR count). The second-order valence-corrected chi connectivity index (χ2v) is 6.51. The Labute approximate surface area is 145 Å². The second kappa shape index (κ2) is 5.14. The van der Waals surface area contributed by atoms with Gasteiger partial charge in [0.1, 0.15) is 5.69 Å². The summed E-state index contributed by atoms with van der Waals surface area (Å²) >= 11 is 0. The van der Waals surface area contributed by atoms with Gasteiger partial charge in [0.25, 0.3) is 0 Å². The van der Waals surface area contributed by atoms with Crippen LogP contribution in [-0.2, 0) is 0 Å². The van der Waals surface area contributed by atoms with Gasteiger partial charge in [0, 0.05) is 10.8 Å². The molecule has 0 aromatic heterocycles. The number of rotatable bonds is 1. The smallest absolute Gasteiger partial charge is 0.136 e. The number of nitroso groups, excluding NO2 is 1. The van der Waals surface area contributed by atoms with Gasteiger partial charge >= 0.3 is 0 Å². The number of hydrogen-bond donors (Lipinski definition) is 5. The van der Waals surface area contributed by atoms with Crippen LogP contribution in [0.15, 0.2) is 5.18 Å². The lowest BCUT2D eigenvalue weighted by atomic mass is 9.85. The summed E-state index contributed by atoms with van der Waals surface area (Å²) in [5.74, 6) is 0. The standard InChI is InChI=1S/C18H22N6O/c1-5-9-7(3)13(19)16(22)14(20)11(9)6(2)12-10(5)8(4)18(24-25)17(23)15(12)21/h19-23H2,1-4H3. The van der Waals surface area contributed by atoms with Crippen molar-refractivity contribution in [2.45, 2.75) is 27.7 Å². The Morgan fingerprint density at radius 1 is 0.520 bits per heavy atom. The summed E-state index contributed by atoms with van der Waals surface area (Å²) in [5.41, 5.74) is 36.1. The third kappa shape index (κ3) is 1.86. The van der Waals surface area contributed by atoms with Gasteiger partial charge in [-0.1, -0.05) is 0 Å². The van der Waals surface area contributed by atoms with Crippen molar-refractivity contribution in [2.75, 3.05) is 28.7 Å². The van der Waals surface area contributed by atoms with E-state index in [1.165, 1.54) is 0 Å². The Balaban J connectivity index is 2.82. The van der Waals surface area contributed by atoms with Crippen molar-refractivity contribution >= 4 is 55.7 Å². The molecule has 0 spiro atoms. The first kappa shape index (κ1) is 16.6. The number of hydrogen-bond acceptors (Lipinski definition) is 7. The molecule has 0 heterocycles. The normalized spacial score (nSPS) is 11.4. The molecular weight excluding hydrogens is 316 g/mol. The Kier molecular flexibility index (Phi) is 3.42. The van der Waals surface area contributed by atoms with Crippen LogP contribution in [0.25, 0.3) is 21.5 Å². The van der Waals surface area contributed by atoms with Crippen LogP contribution in [-0.4, -0.2) is 0 Å². The third-order valence-electron chi connectivity index (χ3n) is 5.26. The van der Waals surface area contributed by atoms with Crippen molar-refractivity contribution in [1.29, 1.82) is 0 Å². The van der Waals surface area contributed by atoms with Gasteiger partial charge in [-0.3, -0.25) is 0 Å². The Bertz CT molecular complexity index is 1100. The van der Waals surface area contributed by atoms with E-state index in [1.54, 1.807) is 0 Å². The molecule has 0 unspecified atom stereocenters. The van der Waals surface area contributed by atoms with Crippen molar-refractivity contribution in [3.8, 4) is 0 Å². The molecule has 25 heavy (non-hydrogen) atoms. The third-order valence-corrected chi connectivity index (χ3v) is 5.26. The molecule has 3 aromatic carbocycles. The van der Waals surface area contributed by atoms with E-state index >= 15 is 0 Å². The molecule has 0 atom stereocenters. The zero-order valence-electron chi connectivity index (χ0n) is 14.7. The Hall–Kier alpha value is -3.22. The summed E-state index contributed by atoms with van der Waals surface area (Å²) in [6.45, 7) is 7.58. The number of nitrogens with zero attached hydrogens (tertiary/aromatic N) is 1. The Morgan fingerprint density at radius 3 is 1.48 bits per heavy atom. The van der Waals surface area contributed by atoms with Gasteiger partial charge in [-0.15, -0.1) is 4.91 Å². The summed E-state index contributed by atoms with van der Waals surface area (Å²) in [6, 6.07) is 0. The molecule has 7 heteroatoms. The number of nitrogens with two attached hydrogens (primary N) is 5. The van der Waals surface area contributed by atoms with E-state index < -0.39 is 0 Å². The fourth-order valence-electron chi connectivity index (χ4n) is 3.93. The first-order valence-electron chi connectivity index (χ1n) is 7.85. The highest BCUT2D eigenvalue weighted by Crippen LogP contribution is 2.48. The molecule has 7 nitrogen and oxygen atoms in total. The highest BCUT2D eigenvalue weighted by atomic mass is 16.3. The predicted octanol–water partition coefficient (Wildman–Crippen LogP) is 3.54. The maximum atomic E-state index is 11.3. The van der Waals surface area contributed by atoms with E-state index in [9.17, 15) is 4.91 Å². The fourth-order valence-corrected chi connectivity index (χ4v) is 3.93. The van der Waals surface area contributed by atoms with E-state index in [4.69, 9.17) is 28.7 Å².